The Kier molecular flexibility index (Phi) is 7.29. The van der Waals surface area contributed by atoms with Crippen molar-refractivity contribution >= 4 is 52.6 Å². The highest BCUT2D eigenvalue weighted by Gasteiger charge is 2.58. The van der Waals surface area contributed by atoms with Gasteiger partial charge in [-0.15, -0.1) is 23.1 Å². The molecule has 180 valence electrons. The minimum Gasteiger partial charge on any atom is -0.479 e. The third-order valence-corrected chi connectivity index (χ3v) is 6.86. The molecule has 3 heterocycles. The van der Waals surface area contributed by atoms with E-state index in [1.807, 2.05) is 0 Å². The van der Waals surface area contributed by atoms with Crippen molar-refractivity contribution in [2.45, 2.75) is 43.4 Å². The minimum absolute atomic E-state index is 0.117. The summed E-state index contributed by atoms with van der Waals surface area (Å²) < 4.78 is 10.3. The van der Waals surface area contributed by atoms with Crippen LogP contribution in [0.3, 0.4) is 0 Å². The van der Waals surface area contributed by atoms with Gasteiger partial charge in [-0.25, -0.2) is 14.6 Å². The van der Waals surface area contributed by atoms with Crippen LogP contribution >= 0.6 is 23.1 Å². The van der Waals surface area contributed by atoms with Gasteiger partial charge in [0.15, 0.2) is 11.3 Å². The fourth-order valence-corrected chi connectivity index (χ4v) is 5.20. The van der Waals surface area contributed by atoms with Gasteiger partial charge in [-0.3, -0.25) is 9.59 Å². The number of amides is 2. The number of esters is 1. The SMILES string of the molecule is COC1(C(=O)O)CS[C@@H]2C(NC(=O)C(=NOCC(=O)OC(C)(C)C)c3cscn3)C(=O)N2C1. The van der Waals surface area contributed by atoms with Crippen LogP contribution in [-0.4, -0.2) is 93.1 Å². The molecule has 2 aliphatic rings. The van der Waals surface area contributed by atoms with Crippen molar-refractivity contribution in [1.82, 2.24) is 15.2 Å². The molecule has 2 N–H and O–H groups in total. The fraction of sp³-hybridized carbons (Fsp3) is 0.579. The molecule has 1 aromatic rings. The topological polar surface area (TPSA) is 157 Å². The number of nitrogens with one attached hydrogen (secondary N) is 1. The number of aliphatic carboxylic acids is 1. The number of carboxylic acid groups (broad SMARTS) is 1. The quantitative estimate of drug-likeness (QED) is 0.217. The lowest BCUT2D eigenvalue weighted by molar-refractivity contribution is -0.170. The first kappa shape index (κ1) is 24.9. The third-order valence-electron chi connectivity index (χ3n) is 4.77. The Hall–Kier alpha value is -2.71. The lowest BCUT2D eigenvalue weighted by Gasteiger charge is -2.53. The predicted octanol–water partition coefficient (Wildman–Crippen LogP) is 0.0752. The van der Waals surface area contributed by atoms with Gasteiger partial charge in [-0.05, 0) is 20.8 Å². The molecule has 2 fully saturated rings. The van der Waals surface area contributed by atoms with Gasteiger partial charge < -0.3 is 29.6 Å². The Balaban J connectivity index is 1.66. The third kappa shape index (κ3) is 5.45. The first-order valence-electron chi connectivity index (χ1n) is 9.79. The minimum atomic E-state index is -1.49. The number of carbonyl (C=O) groups excluding carboxylic acids is 3. The van der Waals surface area contributed by atoms with E-state index in [-0.39, 0.29) is 23.7 Å². The molecule has 2 unspecified atom stereocenters. The number of ether oxygens (including phenoxy) is 2. The summed E-state index contributed by atoms with van der Waals surface area (Å²) in [6.07, 6.45) is 0. The number of hydrogen-bond acceptors (Lipinski definition) is 11. The van der Waals surface area contributed by atoms with Crippen molar-refractivity contribution in [2.75, 3.05) is 26.0 Å². The van der Waals surface area contributed by atoms with E-state index in [2.05, 4.69) is 15.5 Å². The largest absolute Gasteiger partial charge is 0.479 e. The highest BCUT2D eigenvalue weighted by Crippen LogP contribution is 2.39. The number of methoxy groups -OCH3 is 1. The van der Waals surface area contributed by atoms with Crippen molar-refractivity contribution in [2.24, 2.45) is 5.16 Å². The Morgan fingerprint density at radius 2 is 2.12 bits per heavy atom. The fourth-order valence-electron chi connectivity index (χ4n) is 3.16. The predicted molar refractivity (Wildman–Crippen MR) is 118 cm³/mol. The summed E-state index contributed by atoms with van der Waals surface area (Å²) in [4.78, 5) is 59.3. The smallest absolute Gasteiger partial charge is 0.347 e. The van der Waals surface area contributed by atoms with Gasteiger partial charge in [0, 0.05) is 18.2 Å². The Morgan fingerprint density at radius 1 is 1.39 bits per heavy atom. The van der Waals surface area contributed by atoms with E-state index in [0.29, 0.717) is 0 Å². The maximum Gasteiger partial charge on any atom is 0.347 e. The zero-order valence-corrected chi connectivity index (χ0v) is 20.0. The lowest BCUT2D eigenvalue weighted by Crippen LogP contribution is -2.75. The number of thiazole rings is 1. The Bertz CT molecular complexity index is 961. The van der Waals surface area contributed by atoms with Crippen LogP contribution in [0.2, 0.25) is 0 Å². The van der Waals surface area contributed by atoms with Crippen LogP contribution in [0.15, 0.2) is 16.0 Å². The van der Waals surface area contributed by atoms with E-state index in [0.717, 1.165) is 0 Å². The summed E-state index contributed by atoms with van der Waals surface area (Å²) >= 11 is 2.43. The highest BCUT2D eigenvalue weighted by atomic mass is 32.2. The van der Waals surface area contributed by atoms with Gasteiger partial charge in [0.1, 0.15) is 22.7 Å². The summed E-state index contributed by atoms with van der Waals surface area (Å²) in [7, 11) is 1.28. The molecule has 0 aromatic carbocycles. The molecule has 0 aliphatic carbocycles. The number of aromatic nitrogens is 1. The van der Waals surface area contributed by atoms with Crippen molar-refractivity contribution in [1.29, 1.82) is 0 Å². The molecule has 0 radical (unpaired) electrons. The van der Waals surface area contributed by atoms with Crippen molar-refractivity contribution in [3.8, 4) is 0 Å². The number of carboxylic acids is 1. The molecule has 2 amide bonds. The Labute approximate surface area is 197 Å². The molecular weight excluding hydrogens is 476 g/mol. The molecule has 3 rings (SSSR count). The number of β-lactam (4-membered cyclic amide) rings is 1. The van der Waals surface area contributed by atoms with Gasteiger partial charge in [0.2, 0.25) is 12.5 Å². The summed E-state index contributed by atoms with van der Waals surface area (Å²) in [5.74, 6) is -2.85. The van der Waals surface area contributed by atoms with E-state index in [9.17, 15) is 24.3 Å². The lowest BCUT2D eigenvalue weighted by atomic mass is 9.99. The number of fused-ring (bicyclic) bond motifs is 1. The average Bonchev–Trinajstić information content (AvgIpc) is 3.27. The van der Waals surface area contributed by atoms with Gasteiger partial charge >= 0.3 is 11.9 Å². The molecule has 12 nitrogen and oxygen atoms in total. The van der Waals surface area contributed by atoms with Gasteiger partial charge in [-0.2, -0.15) is 0 Å². The normalized spacial score (nSPS) is 25.0. The zero-order valence-electron chi connectivity index (χ0n) is 18.4. The first-order valence-corrected chi connectivity index (χ1v) is 11.8. The summed E-state index contributed by atoms with van der Waals surface area (Å²) in [6.45, 7) is 4.49. The van der Waals surface area contributed by atoms with E-state index < -0.39 is 53.0 Å². The monoisotopic (exact) mass is 500 g/mol. The standard InChI is InChI=1S/C19H24N4O8S2/c1-18(2,3)31-11(24)5-30-22-12(10-6-32-9-20-10)14(25)21-13-15(26)23-7-19(29-4,17(27)28)8-33-16(13)23/h6,9,13,16H,5,7-8H2,1-4H3,(H,21,25)(H,27,28)/t13?,16-,19?/m1/s1. The van der Waals surface area contributed by atoms with Gasteiger partial charge in [-0.1, -0.05) is 5.16 Å². The number of oxime groups is 1. The van der Waals surface area contributed by atoms with Crippen LogP contribution in [-0.2, 0) is 33.5 Å². The van der Waals surface area contributed by atoms with Crippen molar-refractivity contribution in [3.63, 3.8) is 0 Å². The van der Waals surface area contributed by atoms with E-state index >= 15 is 0 Å². The van der Waals surface area contributed by atoms with Crippen LogP contribution in [0.5, 0.6) is 0 Å². The first-order chi connectivity index (χ1) is 15.5. The van der Waals surface area contributed by atoms with Crippen LogP contribution in [0, 0.1) is 0 Å². The van der Waals surface area contributed by atoms with Gasteiger partial charge in [0.25, 0.3) is 5.91 Å². The molecule has 33 heavy (non-hydrogen) atoms. The molecule has 2 aliphatic heterocycles. The highest BCUT2D eigenvalue weighted by molar-refractivity contribution is 8.00. The molecule has 3 atom stereocenters. The van der Waals surface area contributed by atoms with E-state index in [1.165, 1.54) is 40.6 Å². The maximum absolute atomic E-state index is 12.9. The Morgan fingerprint density at radius 3 is 2.70 bits per heavy atom. The maximum atomic E-state index is 12.9. The molecule has 1 aromatic heterocycles. The second-order valence-corrected chi connectivity index (χ2v) is 10.1. The molecule has 14 heteroatoms. The second kappa shape index (κ2) is 9.65. The molecule has 0 spiro atoms. The van der Waals surface area contributed by atoms with Crippen molar-refractivity contribution < 1.29 is 38.6 Å². The van der Waals surface area contributed by atoms with Gasteiger partial charge in [0.05, 0.1) is 12.1 Å². The number of thioether (sulfide) groups is 1. The summed E-state index contributed by atoms with van der Waals surface area (Å²) in [5.41, 5.74) is -0.687. The van der Waals surface area contributed by atoms with Crippen LogP contribution in [0.25, 0.3) is 0 Å². The van der Waals surface area contributed by atoms with Crippen molar-refractivity contribution in [3.05, 3.63) is 16.6 Å². The molecule has 0 bridgehead atoms. The van der Waals surface area contributed by atoms with Crippen LogP contribution < -0.4 is 5.32 Å². The molecule has 0 saturated carbocycles. The molecular formula is C19H24N4O8S2. The number of rotatable bonds is 8. The van der Waals surface area contributed by atoms with E-state index in [4.69, 9.17) is 14.3 Å². The summed E-state index contributed by atoms with van der Waals surface area (Å²) in [5, 5.41) is 16.9. The van der Waals surface area contributed by atoms with Crippen LogP contribution in [0.4, 0.5) is 0 Å². The number of carbonyl (C=O) groups is 4. The zero-order chi connectivity index (χ0) is 24.4. The number of nitrogens with zero attached hydrogens (tertiary/aromatic N) is 3. The van der Waals surface area contributed by atoms with E-state index in [1.54, 1.807) is 26.2 Å². The average molecular weight is 501 g/mol. The molecule has 2 saturated heterocycles. The second-order valence-electron chi connectivity index (χ2n) is 8.30. The summed E-state index contributed by atoms with van der Waals surface area (Å²) in [6, 6.07) is -0.874. The van der Waals surface area contributed by atoms with Crippen LogP contribution in [0.1, 0.15) is 26.5 Å². The number of hydrogen-bond donors (Lipinski definition) is 2.